The molecule has 0 bridgehead atoms. The summed E-state index contributed by atoms with van der Waals surface area (Å²) in [5.41, 5.74) is 3.68. The first kappa shape index (κ1) is 13.2. The van der Waals surface area contributed by atoms with Crippen LogP contribution < -0.4 is 0 Å². The molecule has 0 unspecified atom stereocenters. The predicted octanol–water partition coefficient (Wildman–Crippen LogP) is 3.00. The predicted molar refractivity (Wildman–Crippen MR) is 77.8 cm³/mol. The van der Waals surface area contributed by atoms with Crippen molar-refractivity contribution >= 4 is 17.7 Å². The molecule has 0 radical (unpaired) electrons. The molecule has 1 atom stereocenters. The number of aliphatic hydroxyl groups is 1. The van der Waals surface area contributed by atoms with Gasteiger partial charge < -0.3 is 10.2 Å². The first-order valence-corrected chi connectivity index (χ1v) is 7.37. The van der Waals surface area contributed by atoms with Gasteiger partial charge in [-0.25, -0.2) is 0 Å². The number of carbonyl (C=O) groups is 1. The standard InChI is InChI=1S/C16H14O3S/c17-15(18)8-10-5-6-13-14(7-10)20-9-11-3-1-2-4-12(11)16(13)19/h1-7,16,19H,8-9H2,(H,17,18)/t16-/m1/s1. The van der Waals surface area contributed by atoms with Gasteiger partial charge in [0.2, 0.25) is 0 Å². The SMILES string of the molecule is O=C(O)Cc1ccc2c(c1)SCc1ccccc1[C@H]2O. The minimum absolute atomic E-state index is 0.0108. The Kier molecular flexibility index (Phi) is 3.51. The number of rotatable bonds is 2. The molecule has 1 aliphatic rings. The van der Waals surface area contributed by atoms with Crippen molar-refractivity contribution in [2.45, 2.75) is 23.2 Å². The van der Waals surface area contributed by atoms with E-state index in [1.54, 1.807) is 17.8 Å². The largest absolute Gasteiger partial charge is 0.481 e. The van der Waals surface area contributed by atoms with Crippen LogP contribution in [0.3, 0.4) is 0 Å². The van der Waals surface area contributed by atoms with Crippen molar-refractivity contribution in [1.82, 2.24) is 0 Å². The van der Waals surface area contributed by atoms with Crippen LogP contribution in [0.5, 0.6) is 0 Å². The number of benzene rings is 2. The highest BCUT2D eigenvalue weighted by Gasteiger charge is 2.22. The monoisotopic (exact) mass is 286 g/mol. The lowest BCUT2D eigenvalue weighted by Crippen LogP contribution is -2.04. The summed E-state index contributed by atoms with van der Waals surface area (Å²) in [6.45, 7) is 0. The summed E-state index contributed by atoms with van der Waals surface area (Å²) >= 11 is 1.64. The molecular formula is C16H14O3S. The Bertz CT molecular complexity index is 667. The van der Waals surface area contributed by atoms with Gasteiger partial charge in [0.15, 0.2) is 0 Å². The lowest BCUT2D eigenvalue weighted by molar-refractivity contribution is -0.136. The molecule has 0 aromatic heterocycles. The Labute approximate surface area is 121 Å². The van der Waals surface area contributed by atoms with E-state index in [0.717, 1.165) is 32.9 Å². The van der Waals surface area contributed by atoms with E-state index < -0.39 is 12.1 Å². The third kappa shape index (κ3) is 2.44. The van der Waals surface area contributed by atoms with Crippen molar-refractivity contribution in [1.29, 1.82) is 0 Å². The van der Waals surface area contributed by atoms with Crippen LogP contribution in [0.1, 0.15) is 28.4 Å². The van der Waals surface area contributed by atoms with Crippen molar-refractivity contribution in [3.8, 4) is 0 Å². The van der Waals surface area contributed by atoms with E-state index in [1.807, 2.05) is 36.4 Å². The van der Waals surface area contributed by atoms with Gasteiger partial charge in [-0.15, -0.1) is 11.8 Å². The van der Waals surface area contributed by atoms with Crippen LogP contribution in [0.4, 0.5) is 0 Å². The van der Waals surface area contributed by atoms with Crippen LogP contribution in [0.15, 0.2) is 47.4 Å². The molecule has 0 fully saturated rings. The fourth-order valence-electron chi connectivity index (χ4n) is 2.47. The number of aliphatic carboxylic acids is 1. The third-order valence-corrected chi connectivity index (χ3v) is 4.58. The van der Waals surface area contributed by atoms with Crippen molar-refractivity contribution in [3.05, 3.63) is 64.7 Å². The topological polar surface area (TPSA) is 57.5 Å². The molecule has 1 aliphatic heterocycles. The van der Waals surface area contributed by atoms with Crippen molar-refractivity contribution in [2.75, 3.05) is 0 Å². The summed E-state index contributed by atoms with van der Waals surface area (Å²) in [5, 5.41) is 19.4. The Balaban J connectivity index is 2.02. The van der Waals surface area contributed by atoms with Gasteiger partial charge in [0.25, 0.3) is 0 Å². The van der Waals surface area contributed by atoms with Gasteiger partial charge in [-0.05, 0) is 28.3 Å². The molecule has 1 heterocycles. The molecular weight excluding hydrogens is 272 g/mol. The molecule has 20 heavy (non-hydrogen) atoms. The van der Waals surface area contributed by atoms with Gasteiger partial charge in [-0.1, -0.05) is 36.4 Å². The Morgan fingerprint density at radius 1 is 1.20 bits per heavy atom. The van der Waals surface area contributed by atoms with E-state index in [0.29, 0.717) is 0 Å². The van der Waals surface area contributed by atoms with Gasteiger partial charge >= 0.3 is 5.97 Å². The van der Waals surface area contributed by atoms with Crippen LogP contribution >= 0.6 is 11.8 Å². The lowest BCUT2D eigenvalue weighted by Gasteiger charge is -2.14. The van der Waals surface area contributed by atoms with Gasteiger partial charge in [-0.3, -0.25) is 4.79 Å². The smallest absolute Gasteiger partial charge is 0.307 e. The maximum absolute atomic E-state index is 10.8. The number of hydrogen-bond acceptors (Lipinski definition) is 3. The number of aliphatic hydroxyl groups excluding tert-OH is 1. The molecule has 4 heteroatoms. The highest BCUT2D eigenvalue weighted by atomic mass is 32.2. The third-order valence-electron chi connectivity index (χ3n) is 3.46. The van der Waals surface area contributed by atoms with Crippen LogP contribution in [0.2, 0.25) is 0 Å². The van der Waals surface area contributed by atoms with Crippen molar-refractivity contribution in [2.24, 2.45) is 0 Å². The zero-order valence-corrected chi connectivity index (χ0v) is 11.6. The highest BCUT2D eigenvalue weighted by molar-refractivity contribution is 7.98. The Morgan fingerprint density at radius 2 is 2.00 bits per heavy atom. The summed E-state index contributed by atoms with van der Waals surface area (Å²) in [4.78, 5) is 11.8. The maximum Gasteiger partial charge on any atom is 0.307 e. The zero-order valence-electron chi connectivity index (χ0n) is 10.7. The number of fused-ring (bicyclic) bond motifs is 2. The summed E-state index contributed by atoms with van der Waals surface area (Å²) in [6.07, 6.45) is -0.633. The van der Waals surface area contributed by atoms with Crippen LogP contribution in [-0.2, 0) is 17.0 Å². The molecule has 102 valence electrons. The first-order chi connectivity index (χ1) is 9.65. The van der Waals surface area contributed by atoms with Crippen LogP contribution in [-0.4, -0.2) is 16.2 Å². The quantitative estimate of drug-likeness (QED) is 0.891. The zero-order chi connectivity index (χ0) is 14.1. The van der Waals surface area contributed by atoms with E-state index >= 15 is 0 Å². The van der Waals surface area contributed by atoms with Crippen molar-refractivity contribution < 1.29 is 15.0 Å². The molecule has 2 N–H and O–H groups in total. The summed E-state index contributed by atoms with van der Waals surface area (Å²) < 4.78 is 0. The number of carboxylic acid groups (broad SMARTS) is 1. The fourth-order valence-corrected chi connectivity index (χ4v) is 3.62. The average molecular weight is 286 g/mol. The Hall–Kier alpha value is -1.78. The molecule has 3 nitrogen and oxygen atoms in total. The second-order valence-corrected chi connectivity index (χ2v) is 5.85. The second-order valence-electron chi connectivity index (χ2n) is 4.83. The van der Waals surface area contributed by atoms with Crippen LogP contribution in [0, 0.1) is 0 Å². The normalized spacial score (nSPS) is 16.9. The molecule has 0 amide bonds. The van der Waals surface area contributed by atoms with E-state index in [4.69, 9.17) is 5.11 Å². The number of carboxylic acids is 1. The average Bonchev–Trinajstić information content (AvgIpc) is 2.57. The van der Waals surface area contributed by atoms with Gasteiger partial charge in [0, 0.05) is 10.6 Å². The second kappa shape index (κ2) is 5.31. The summed E-state index contributed by atoms with van der Waals surface area (Å²) in [7, 11) is 0. The van der Waals surface area contributed by atoms with Gasteiger partial charge in [-0.2, -0.15) is 0 Å². The van der Waals surface area contributed by atoms with Crippen LogP contribution in [0.25, 0.3) is 0 Å². The minimum atomic E-state index is -0.840. The number of hydrogen-bond donors (Lipinski definition) is 2. The van der Waals surface area contributed by atoms with E-state index in [1.165, 1.54) is 0 Å². The minimum Gasteiger partial charge on any atom is -0.481 e. The lowest BCUT2D eigenvalue weighted by atomic mass is 9.96. The maximum atomic E-state index is 10.8. The van der Waals surface area contributed by atoms with E-state index in [2.05, 4.69) is 0 Å². The van der Waals surface area contributed by atoms with Gasteiger partial charge in [0.05, 0.1) is 6.42 Å². The molecule has 2 aromatic carbocycles. The summed E-state index contributed by atoms with van der Waals surface area (Å²) in [5.74, 6) is -0.0519. The Morgan fingerprint density at radius 3 is 2.80 bits per heavy atom. The molecule has 2 aromatic rings. The molecule has 3 rings (SSSR count). The highest BCUT2D eigenvalue weighted by Crippen LogP contribution is 2.39. The first-order valence-electron chi connectivity index (χ1n) is 6.38. The number of thioether (sulfide) groups is 1. The summed E-state index contributed by atoms with van der Waals surface area (Å²) in [6, 6.07) is 13.4. The molecule has 0 aliphatic carbocycles. The van der Waals surface area contributed by atoms with Gasteiger partial charge in [0.1, 0.15) is 6.10 Å². The van der Waals surface area contributed by atoms with Crippen molar-refractivity contribution in [3.63, 3.8) is 0 Å². The molecule has 0 saturated carbocycles. The molecule has 0 spiro atoms. The van der Waals surface area contributed by atoms with E-state index in [-0.39, 0.29) is 6.42 Å². The van der Waals surface area contributed by atoms with E-state index in [9.17, 15) is 9.90 Å². The molecule has 0 saturated heterocycles. The fraction of sp³-hybridized carbons (Fsp3) is 0.188.